The van der Waals surface area contributed by atoms with Crippen molar-refractivity contribution < 1.29 is 4.79 Å². The molecule has 124 valence electrons. The average Bonchev–Trinajstić information content (AvgIpc) is 3.11. The molecule has 0 fully saturated rings. The van der Waals surface area contributed by atoms with E-state index in [0.717, 1.165) is 12.1 Å². The number of nitrogens with zero attached hydrogens (tertiary/aromatic N) is 3. The average molecular weight is 331 g/mol. The van der Waals surface area contributed by atoms with E-state index in [1.54, 1.807) is 17.5 Å². The van der Waals surface area contributed by atoms with Crippen LogP contribution in [0.25, 0.3) is 0 Å². The summed E-state index contributed by atoms with van der Waals surface area (Å²) in [5.74, 6) is -0.0297. The second-order valence-electron chi connectivity index (χ2n) is 6.68. The summed E-state index contributed by atoms with van der Waals surface area (Å²) in [6.07, 6.45) is 3.96. The first-order valence-corrected chi connectivity index (χ1v) is 8.60. The highest BCUT2D eigenvalue weighted by Crippen LogP contribution is 2.30. The Morgan fingerprint density at radius 3 is 2.65 bits per heavy atom. The molecule has 0 unspecified atom stereocenters. The molecule has 0 aromatic carbocycles. The molecule has 0 spiro atoms. The van der Waals surface area contributed by atoms with Gasteiger partial charge in [0.25, 0.3) is 0 Å². The normalized spacial score (nSPS) is 11.5. The maximum Gasteiger partial charge on any atom is 0.246 e. The predicted molar refractivity (Wildman–Crippen MR) is 95.5 cm³/mol. The fourth-order valence-corrected chi connectivity index (χ4v) is 3.43. The minimum atomic E-state index is -0.0297. The Bertz CT molecular complexity index is 678. The Labute approximate surface area is 142 Å². The Hall–Kier alpha value is -1.88. The van der Waals surface area contributed by atoms with Crippen molar-refractivity contribution in [3.8, 4) is 0 Å². The van der Waals surface area contributed by atoms with Crippen molar-refractivity contribution >= 4 is 17.2 Å². The Balaban J connectivity index is 2.07. The van der Waals surface area contributed by atoms with Gasteiger partial charge in [-0.15, -0.1) is 11.3 Å². The zero-order chi connectivity index (χ0) is 17.0. The molecule has 2 aromatic heterocycles. The van der Waals surface area contributed by atoms with Crippen LogP contribution in [-0.2, 0) is 30.2 Å². The topological polar surface area (TPSA) is 38.1 Å². The van der Waals surface area contributed by atoms with Crippen molar-refractivity contribution in [2.75, 3.05) is 6.54 Å². The van der Waals surface area contributed by atoms with Crippen LogP contribution in [0.3, 0.4) is 0 Å². The monoisotopic (exact) mass is 331 g/mol. The number of thiophene rings is 1. The van der Waals surface area contributed by atoms with E-state index in [0.29, 0.717) is 13.1 Å². The summed E-state index contributed by atoms with van der Waals surface area (Å²) in [4.78, 5) is 16.5. The van der Waals surface area contributed by atoms with E-state index in [9.17, 15) is 4.79 Å². The van der Waals surface area contributed by atoms with Gasteiger partial charge in [-0.05, 0) is 29.7 Å². The maximum absolute atomic E-state index is 12.2. The fraction of sp³-hybridized carbons (Fsp3) is 0.444. The number of hydrogen-bond donors (Lipinski definition) is 0. The van der Waals surface area contributed by atoms with Crippen molar-refractivity contribution in [3.63, 3.8) is 0 Å². The minimum absolute atomic E-state index is 0.0297. The van der Waals surface area contributed by atoms with Crippen LogP contribution < -0.4 is 0 Å². The van der Waals surface area contributed by atoms with Crippen LogP contribution in [0.2, 0.25) is 0 Å². The summed E-state index contributed by atoms with van der Waals surface area (Å²) in [5.41, 5.74) is 1.26. The summed E-state index contributed by atoms with van der Waals surface area (Å²) in [6, 6.07) is 6.27. The molecule has 0 saturated heterocycles. The van der Waals surface area contributed by atoms with Gasteiger partial charge in [0, 0.05) is 41.7 Å². The molecule has 4 nitrogen and oxygen atoms in total. The molecule has 23 heavy (non-hydrogen) atoms. The molecule has 0 atom stereocenters. The van der Waals surface area contributed by atoms with Gasteiger partial charge in [0.2, 0.25) is 5.91 Å². The number of amides is 1. The van der Waals surface area contributed by atoms with Gasteiger partial charge in [-0.25, -0.2) is 0 Å². The van der Waals surface area contributed by atoms with Crippen LogP contribution >= 0.6 is 11.3 Å². The lowest BCUT2D eigenvalue weighted by molar-refractivity contribution is -0.126. The van der Waals surface area contributed by atoms with Gasteiger partial charge >= 0.3 is 0 Å². The van der Waals surface area contributed by atoms with Crippen LogP contribution in [0.1, 0.15) is 36.2 Å². The number of hydrogen-bond acceptors (Lipinski definition) is 3. The van der Waals surface area contributed by atoms with Crippen molar-refractivity contribution in [2.45, 2.75) is 39.2 Å². The third kappa shape index (κ3) is 4.55. The second-order valence-corrected chi connectivity index (χ2v) is 7.84. The third-order valence-corrected chi connectivity index (χ3v) is 5.29. The van der Waals surface area contributed by atoms with E-state index < -0.39 is 0 Å². The molecule has 1 amide bonds. The molecule has 0 N–H and O–H groups in total. The highest BCUT2D eigenvalue weighted by atomic mass is 32.1. The second kappa shape index (κ2) is 7.13. The lowest BCUT2D eigenvalue weighted by Crippen LogP contribution is -2.31. The van der Waals surface area contributed by atoms with Crippen molar-refractivity contribution in [3.05, 3.63) is 52.5 Å². The van der Waals surface area contributed by atoms with E-state index in [1.165, 1.54) is 15.8 Å². The minimum Gasteiger partial charge on any atom is -0.334 e. The molecule has 5 heteroatoms. The fourth-order valence-electron chi connectivity index (χ4n) is 2.35. The molecule has 0 saturated carbocycles. The molecular formula is C18H25N3OS. The lowest BCUT2D eigenvalue weighted by Gasteiger charge is -2.21. The lowest BCUT2D eigenvalue weighted by atomic mass is 9.95. The van der Waals surface area contributed by atoms with Crippen LogP contribution in [0.4, 0.5) is 0 Å². The van der Waals surface area contributed by atoms with Crippen LogP contribution in [-0.4, -0.2) is 27.1 Å². The maximum atomic E-state index is 12.2. The van der Waals surface area contributed by atoms with E-state index in [4.69, 9.17) is 0 Å². The molecule has 0 bridgehead atoms. The molecule has 0 aliphatic heterocycles. The Kier molecular flexibility index (Phi) is 5.42. The molecule has 0 radical (unpaired) electrons. The first-order chi connectivity index (χ1) is 10.8. The molecular weight excluding hydrogens is 306 g/mol. The summed E-state index contributed by atoms with van der Waals surface area (Å²) >= 11 is 1.78. The first-order valence-electron chi connectivity index (χ1n) is 7.78. The van der Waals surface area contributed by atoms with Crippen molar-refractivity contribution in [1.82, 2.24) is 14.7 Å². The largest absolute Gasteiger partial charge is 0.334 e. The molecule has 0 aliphatic carbocycles. The van der Waals surface area contributed by atoms with Gasteiger partial charge in [0.15, 0.2) is 0 Å². The molecule has 2 rings (SSSR count). The summed E-state index contributed by atoms with van der Waals surface area (Å²) in [6.45, 7) is 11.5. The van der Waals surface area contributed by atoms with Gasteiger partial charge in [0.05, 0.1) is 6.54 Å². The first kappa shape index (κ1) is 17.5. The van der Waals surface area contributed by atoms with Gasteiger partial charge in [-0.1, -0.05) is 27.4 Å². The van der Waals surface area contributed by atoms with Crippen LogP contribution in [0, 0.1) is 0 Å². The third-order valence-electron chi connectivity index (χ3n) is 3.79. The Morgan fingerprint density at radius 1 is 1.39 bits per heavy atom. The van der Waals surface area contributed by atoms with E-state index in [1.807, 2.05) is 22.7 Å². The number of carbonyl (C=O) groups is 1. The predicted octanol–water partition coefficient (Wildman–Crippen LogP) is 3.54. The zero-order valence-electron chi connectivity index (χ0n) is 14.4. The SMILES string of the molecule is C=CC(=O)N(CCc1ccnn1C)Cc1ccc(C(C)(C)C)s1. The standard InChI is InChI=1S/C18H25N3OS/c1-6-17(22)21(12-10-14-9-11-19-20(14)5)13-15-7-8-16(23-15)18(2,3)4/h6-9,11H,1,10,12-13H2,2-5H3. The number of carbonyl (C=O) groups excluding carboxylic acids is 1. The van der Waals surface area contributed by atoms with E-state index in [2.05, 4.69) is 44.6 Å². The number of rotatable bonds is 6. The van der Waals surface area contributed by atoms with E-state index in [-0.39, 0.29) is 11.3 Å². The van der Waals surface area contributed by atoms with Crippen LogP contribution in [0.15, 0.2) is 37.1 Å². The molecule has 0 aliphatic rings. The smallest absolute Gasteiger partial charge is 0.246 e. The van der Waals surface area contributed by atoms with Crippen molar-refractivity contribution in [2.24, 2.45) is 7.05 Å². The Morgan fingerprint density at radius 2 is 2.13 bits per heavy atom. The van der Waals surface area contributed by atoms with Gasteiger partial charge in [-0.3, -0.25) is 9.48 Å². The number of aryl methyl sites for hydroxylation is 1. The van der Waals surface area contributed by atoms with Gasteiger partial charge in [0.1, 0.15) is 0 Å². The van der Waals surface area contributed by atoms with Gasteiger partial charge in [-0.2, -0.15) is 5.10 Å². The van der Waals surface area contributed by atoms with E-state index >= 15 is 0 Å². The quantitative estimate of drug-likeness (QED) is 0.759. The highest BCUT2D eigenvalue weighted by molar-refractivity contribution is 7.12. The van der Waals surface area contributed by atoms with Crippen molar-refractivity contribution in [1.29, 1.82) is 0 Å². The molecule has 2 aromatic rings. The number of aromatic nitrogens is 2. The van der Waals surface area contributed by atoms with Gasteiger partial charge < -0.3 is 4.90 Å². The summed E-state index contributed by atoms with van der Waals surface area (Å²) in [7, 11) is 1.92. The summed E-state index contributed by atoms with van der Waals surface area (Å²) in [5, 5.41) is 4.17. The zero-order valence-corrected chi connectivity index (χ0v) is 15.2. The molecule has 2 heterocycles. The highest BCUT2D eigenvalue weighted by Gasteiger charge is 2.18. The van der Waals surface area contributed by atoms with Crippen LogP contribution in [0.5, 0.6) is 0 Å². The summed E-state index contributed by atoms with van der Waals surface area (Å²) < 4.78 is 1.85.